The van der Waals surface area contributed by atoms with Crippen LogP contribution in [0.4, 0.5) is 10.1 Å². The summed E-state index contributed by atoms with van der Waals surface area (Å²) in [6.07, 6.45) is 0. The maximum absolute atomic E-state index is 13.7. The highest BCUT2D eigenvalue weighted by Gasteiger charge is 2.25. The van der Waals surface area contributed by atoms with Gasteiger partial charge in [-0.1, -0.05) is 17.7 Å². The number of thiophene rings is 1. The van der Waals surface area contributed by atoms with Crippen molar-refractivity contribution in [3.05, 3.63) is 45.4 Å². The van der Waals surface area contributed by atoms with Crippen molar-refractivity contribution in [1.82, 2.24) is 4.72 Å². The molecule has 0 aliphatic carbocycles. The molecular formula is C12H12ClFN2O2S2. The molecule has 2 rings (SSSR count). The molecule has 0 spiro atoms. The predicted molar refractivity (Wildman–Crippen MR) is 78.9 cm³/mol. The van der Waals surface area contributed by atoms with Gasteiger partial charge in [0.05, 0.1) is 16.1 Å². The van der Waals surface area contributed by atoms with Crippen LogP contribution in [-0.2, 0) is 10.0 Å². The summed E-state index contributed by atoms with van der Waals surface area (Å²) in [6, 6.07) is 6.60. The Hall–Kier alpha value is -1.15. The zero-order chi connectivity index (χ0) is 14.9. The molecule has 0 amide bonds. The van der Waals surface area contributed by atoms with Crippen molar-refractivity contribution in [2.24, 2.45) is 0 Å². The van der Waals surface area contributed by atoms with Crippen LogP contribution >= 0.6 is 22.9 Å². The fourth-order valence-corrected chi connectivity index (χ4v) is 4.27. The Balaban J connectivity index is 2.32. The minimum absolute atomic E-state index is 0.131. The van der Waals surface area contributed by atoms with E-state index in [1.165, 1.54) is 23.5 Å². The van der Waals surface area contributed by atoms with E-state index in [2.05, 4.69) is 4.72 Å². The second-order valence-electron chi connectivity index (χ2n) is 4.14. The second kappa shape index (κ2) is 5.69. The van der Waals surface area contributed by atoms with Crippen molar-refractivity contribution in [2.75, 3.05) is 5.73 Å². The minimum Gasteiger partial charge on any atom is -0.398 e. The third kappa shape index (κ3) is 3.12. The third-order valence-electron chi connectivity index (χ3n) is 2.62. The van der Waals surface area contributed by atoms with Crippen LogP contribution in [0.25, 0.3) is 0 Å². The van der Waals surface area contributed by atoms with Crippen molar-refractivity contribution in [3.8, 4) is 0 Å². The van der Waals surface area contributed by atoms with Gasteiger partial charge in [0.15, 0.2) is 0 Å². The highest BCUT2D eigenvalue weighted by molar-refractivity contribution is 7.89. The molecule has 0 fully saturated rings. The first kappa shape index (κ1) is 15.2. The van der Waals surface area contributed by atoms with E-state index in [0.29, 0.717) is 4.34 Å². The van der Waals surface area contributed by atoms with E-state index in [0.717, 1.165) is 10.9 Å². The molecule has 2 aromatic rings. The lowest BCUT2D eigenvalue weighted by Crippen LogP contribution is -2.28. The average Bonchev–Trinajstić information content (AvgIpc) is 2.74. The molecule has 0 bridgehead atoms. The zero-order valence-electron chi connectivity index (χ0n) is 10.4. The molecule has 3 N–H and O–H groups in total. The first-order valence-electron chi connectivity index (χ1n) is 5.63. The standard InChI is InChI=1S/C12H12ClFN2O2S2/c1-7(10-5-6-11(13)19-10)16-20(17,18)12-8(14)3-2-4-9(12)15/h2-7,16H,15H2,1H3. The molecule has 0 aliphatic heterocycles. The topological polar surface area (TPSA) is 72.2 Å². The van der Waals surface area contributed by atoms with Gasteiger partial charge < -0.3 is 5.73 Å². The maximum atomic E-state index is 13.7. The van der Waals surface area contributed by atoms with Gasteiger partial charge in [0, 0.05) is 4.88 Å². The molecule has 0 saturated carbocycles. The molecule has 20 heavy (non-hydrogen) atoms. The first-order chi connectivity index (χ1) is 9.31. The molecule has 4 nitrogen and oxygen atoms in total. The lowest BCUT2D eigenvalue weighted by atomic mass is 10.3. The zero-order valence-corrected chi connectivity index (χ0v) is 12.8. The second-order valence-corrected chi connectivity index (χ2v) is 7.54. The summed E-state index contributed by atoms with van der Waals surface area (Å²) in [4.78, 5) is 0.197. The predicted octanol–water partition coefficient (Wildman–Crippen LogP) is 3.16. The summed E-state index contributed by atoms with van der Waals surface area (Å²) in [5.41, 5.74) is 5.42. The van der Waals surface area contributed by atoms with Crippen LogP contribution in [0.1, 0.15) is 17.8 Å². The van der Waals surface area contributed by atoms with E-state index in [4.69, 9.17) is 17.3 Å². The Labute approximate surface area is 125 Å². The minimum atomic E-state index is -4.05. The summed E-state index contributed by atoms with van der Waals surface area (Å²) < 4.78 is 41.0. The molecule has 1 unspecified atom stereocenters. The van der Waals surface area contributed by atoms with Crippen LogP contribution in [0.15, 0.2) is 35.2 Å². The van der Waals surface area contributed by atoms with E-state index in [-0.39, 0.29) is 5.69 Å². The van der Waals surface area contributed by atoms with Gasteiger partial charge >= 0.3 is 0 Å². The summed E-state index contributed by atoms with van der Waals surface area (Å²) >= 11 is 7.06. The molecule has 108 valence electrons. The average molecular weight is 335 g/mol. The van der Waals surface area contributed by atoms with E-state index in [1.807, 2.05) is 0 Å². The van der Waals surface area contributed by atoms with Gasteiger partial charge in [-0.3, -0.25) is 0 Å². The molecule has 8 heteroatoms. The maximum Gasteiger partial charge on any atom is 0.246 e. The smallest absolute Gasteiger partial charge is 0.246 e. The molecule has 1 aromatic heterocycles. The number of benzene rings is 1. The number of nitrogens with one attached hydrogen (secondary N) is 1. The Bertz CT molecular complexity index is 711. The van der Waals surface area contributed by atoms with E-state index in [1.54, 1.807) is 19.1 Å². The van der Waals surface area contributed by atoms with Crippen LogP contribution in [0.3, 0.4) is 0 Å². The Morgan fingerprint density at radius 2 is 2.05 bits per heavy atom. The molecule has 0 aliphatic rings. The summed E-state index contributed by atoms with van der Waals surface area (Å²) in [5, 5.41) is 0. The molecule has 1 heterocycles. The quantitative estimate of drug-likeness (QED) is 0.843. The van der Waals surface area contributed by atoms with Crippen LogP contribution in [0, 0.1) is 5.82 Å². The molecule has 1 aromatic carbocycles. The SMILES string of the molecule is CC(NS(=O)(=O)c1c(N)cccc1F)c1ccc(Cl)s1. The highest BCUT2D eigenvalue weighted by atomic mass is 35.5. The van der Waals surface area contributed by atoms with E-state index < -0.39 is 26.8 Å². The largest absolute Gasteiger partial charge is 0.398 e. The molecule has 0 radical (unpaired) electrons. The van der Waals surface area contributed by atoms with Gasteiger partial charge in [0.2, 0.25) is 10.0 Å². The number of hydrogen-bond acceptors (Lipinski definition) is 4. The lowest BCUT2D eigenvalue weighted by molar-refractivity contribution is 0.549. The van der Waals surface area contributed by atoms with Gasteiger partial charge in [0.25, 0.3) is 0 Å². The van der Waals surface area contributed by atoms with Crippen LogP contribution < -0.4 is 10.5 Å². The number of anilines is 1. The first-order valence-corrected chi connectivity index (χ1v) is 8.30. The van der Waals surface area contributed by atoms with E-state index in [9.17, 15) is 12.8 Å². The molecule has 0 saturated heterocycles. The van der Waals surface area contributed by atoms with Gasteiger partial charge in [-0.2, -0.15) is 0 Å². The highest BCUT2D eigenvalue weighted by Crippen LogP contribution is 2.29. The summed E-state index contributed by atoms with van der Waals surface area (Å²) in [7, 11) is -4.05. The lowest BCUT2D eigenvalue weighted by Gasteiger charge is -2.14. The number of nitrogens with two attached hydrogens (primary N) is 1. The van der Waals surface area contributed by atoms with E-state index >= 15 is 0 Å². The van der Waals surface area contributed by atoms with Crippen molar-refractivity contribution in [3.63, 3.8) is 0 Å². The number of sulfonamides is 1. The van der Waals surface area contributed by atoms with Gasteiger partial charge in [-0.15, -0.1) is 11.3 Å². The fraction of sp³-hybridized carbons (Fsp3) is 0.167. The monoisotopic (exact) mass is 334 g/mol. The normalized spacial score (nSPS) is 13.3. The number of hydrogen-bond donors (Lipinski definition) is 2. The Morgan fingerprint density at radius 1 is 1.35 bits per heavy atom. The molecule has 1 atom stereocenters. The van der Waals surface area contributed by atoms with Gasteiger partial charge in [-0.25, -0.2) is 17.5 Å². The summed E-state index contributed by atoms with van der Waals surface area (Å²) in [5.74, 6) is -0.881. The van der Waals surface area contributed by atoms with Crippen molar-refractivity contribution >= 4 is 38.6 Å². The van der Waals surface area contributed by atoms with Crippen molar-refractivity contribution in [1.29, 1.82) is 0 Å². The number of halogens is 2. The molecular weight excluding hydrogens is 323 g/mol. The van der Waals surface area contributed by atoms with Gasteiger partial charge in [-0.05, 0) is 31.2 Å². The number of nitrogen functional groups attached to an aromatic ring is 1. The third-order valence-corrected chi connectivity index (χ3v) is 5.66. The van der Waals surface area contributed by atoms with Crippen molar-refractivity contribution in [2.45, 2.75) is 17.9 Å². The Kier molecular flexibility index (Phi) is 4.33. The van der Waals surface area contributed by atoms with Gasteiger partial charge in [0.1, 0.15) is 10.7 Å². The fourth-order valence-electron chi connectivity index (χ4n) is 1.72. The van der Waals surface area contributed by atoms with Crippen LogP contribution in [-0.4, -0.2) is 8.42 Å². The van der Waals surface area contributed by atoms with Crippen LogP contribution in [0.2, 0.25) is 4.34 Å². The Morgan fingerprint density at radius 3 is 2.60 bits per heavy atom. The summed E-state index contributed by atoms with van der Waals surface area (Å²) in [6.45, 7) is 1.65. The van der Waals surface area contributed by atoms with Crippen LogP contribution in [0.5, 0.6) is 0 Å². The number of rotatable bonds is 4. The van der Waals surface area contributed by atoms with Crippen molar-refractivity contribution < 1.29 is 12.8 Å².